The van der Waals surface area contributed by atoms with Crippen LogP contribution in [0.1, 0.15) is 6.92 Å². The summed E-state index contributed by atoms with van der Waals surface area (Å²) in [7, 11) is 0. The SMILES string of the molecule is CC(Cl)[C](F)F. The largest absolute Gasteiger partial charge is 0.327 e. The Bertz CT molecular complexity index is 29.8. The molecular formula is C3H4ClF2. The molecular weight excluding hydrogens is 109 g/mol. The minimum absolute atomic E-state index is 1.09. The van der Waals surface area contributed by atoms with Crippen molar-refractivity contribution >= 4 is 11.6 Å². The molecule has 0 nitrogen and oxygen atoms in total. The normalized spacial score (nSPS) is 15.5. The van der Waals surface area contributed by atoms with Crippen molar-refractivity contribution in [1.29, 1.82) is 0 Å². The number of rotatable bonds is 1. The van der Waals surface area contributed by atoms with Crippen molar-refractivity contribution in [3.8, 4) is 0 Å². The summed E-state index contributed by atoms with van der Waals surface area (Å²) >= 11 is 4.83. The van der Waals surface area contributed by atoms with E-state index in [0.717, 1.165) is 0 Å². The number of hydrogen-bond acceptors (Lipinski definition) is 0. The number of hydrogen-bond donors (Lipinski definition) is 0. The van der Waals surface area contributed by atoms with Crippen molar-refractivity contribution in [3.05, 3.63) is 6.43 Å². The Labute approximate surface area is 40.1 Å². The van der Waals surface area contributed by atoms with Gasteiger partial charge in [0.15, 0.2) is 0 Å². The fourth-order valence-electron chi connectivity index (χ4n) is 0. The highest BCUT2D eigenvalue weighted by Crippen LogP contribution is 2.13. The summed E-state index contributed by atoms with van der Waals surface area (Å²) in [5.41, 5.74) is 0. The van der Waals surface area contributed by atoms with E-state index in [4.69, 9.17) is 11.6 Å². The summed E-state index contributed by atoms with van der Waals surface area (Å²) < 4.78 is 21.9. The van der Waals surface area contributed by atoms with E-state index in [-0.39, 0.29) is 0 Å². The highest BCUT2D eigenvalue weighted by molar-refractivity contribution is 6.21. The molecule has 0 aliphatic rings. The molecule has 0 saturated heterocycles. The third-order valence-electron chi connectivity index (χ3n) is 0.301. The van der Waals surface area contributed by atoms with Crippen molar-refractivity contribution in [2.75, 3.05) is 0 Å². The van der Waals surface area contributed by atoms with Gasteiger partial charge in [-0.3, -0.25) is 0 Å². The summed E-state index contributed by atoms with van der Waals surface area (Å²) in [6, 6.07) is 0. The summed E-state index contributed by atoms with van der Waals surface area (Å²) in [5.74, 6) is 0. The van der Waals surface area contributed by atoms with Gasteiger partial charge in [0.1, 0.15) is 5.38 Å². The highest BCUT2D eigenvalue weighted by Gasteiger charge is 2.11. The molecule has 0 rings (SSSR count). The van der Waals surface area contributed by atoms with Gasteiger partial charge in [0.05, 0.1) is 0 Å². The van der Waals surface area contributed by atoms with Crippen LogP contribution in [0.4, 0.5) is 8.78 Å². The lowest BCUT2D eigenvalue weighted by Gasteiger charge is -1.91. The zero-order chi connectivity index (χ0) is 5.15. The third-order valence-corrected chi connectivity index (χ3v) is 0.466. The fraction of sp³-hybridized carbons (Fsp3) is 0.667. The zero-order valence-electron chi connectivity index (χ0n) is 3.21. The van der Waals surface area contributed by atoms with Crippen LogP contribution in [0.3, 0.4) is 0 Å². The average Bonchev–Trinajstić information content (AvgIpc) is 1.36. The summed E-state index contributed by atoms with van der Waals surface area (Å²) in [4.78, 5) is 0. The molecule has 0 aliphatic carbocycles. The van der Waals surface area contributed by atoms with Gasteiger partial charge in [-0.15, -0.1) is 11.6 Å². The number of alkyl halides is 1. The monoisotopic (exact) mass is 113 g/mol. The maximum Gasteiger partial charge on any atom is 0.327 e. The Hall–Kier alpha value is 0.150. The van der Waals surface area contributed by atoms with E-state index in [1.54, 1.807) is 0 Å². The van der Waals surface area contributed by atoms with Gasteiger partial charge in [-0.05, 0) is 6.92 Å². The third kappa shape index (κ3) is 2.39. The van der Waals surface area contributed by atoms with E-state index < -0.39 is 11.8 Å². The molecule has 0 bridgehead atoms. The maximum absolute atomic E-state index is 10.9. The van der Waals surface area contributed by atoms with Gasteiger partial charge in [-0.1, -0.05) is 0 Å². The lowest BCUT2D eigenvalue weighted by atomic mass is 10.5. The molecule has 0 heterocycles. The van der Waals surface area contributed by atoms with Crippen LogP contribution in [-0.4, -0.2) is 5.38 Å². The molecule has 0 aromatic rings. The van der Waals surface area contributed by atoms with Crippen LogP contribution in [-0.2, 0) is 0 Å². The molecule has 3 heteroatoms. The molecule has 0 saturated carbocycles. The molecule has 1 atom stereocenters. The number of halogens is 3. The van der Waals surface area contributed by atoms with Gasteiger partial charge in [-0.2, -0.15) is 8.78 Å². The van der Waals surface area contributed by atoms with Crippen LogP contribution in [0.5, 0.6) is 0 Å². The minimum Gasteiger partial charge on any atom is -0.198 e. The van der Waals surface area contributed by atoms with Crippen molar-refractivity contribution in [2.24, 2.45) is 0 Å². The van der Waals surface area contributed by atoms with E-state index in [2.05, 4.69) is 0 Å². The first kappa shape index (κ1) is 6.15. The summed E-state index contributed by atoms with van der Waals surface area (Å²) in [6.07, 6.45) is -1.73. The van der Waals surface area contributed by atoms with Gasteiger partial charge in [0.25, 0.3) is 0 Å². The standard InChI is InChI=1S/C3H4ClF2/c1-2(4)3(5)6/h2H,1H3. The Balaban J connectivity index is 2.99. The van der Waals surface area contributed by atoms with Crippen LogP contribution in [0.25, 0.3) is 0 Å². The van der Waals surface area contributed by atoms with Crippen molar-refractivity contribution in [2.45, 2.75) is 12.3 Å². The predicted octanol–water partition coefficient (Wildman–Crippen LogP) is 2.04. The topological polar surface area (TPSA) is 0 Å². The first-order valence-corrected chi connectivity index (χ1v) is 1.90. The Kier molecular flexibility index (Phi) is 2.40. The van der Waals surface area contributed by atoms with Gasteiger partial charge in [0.2, 0.25) is 0 Å². The summed E-state index contributed by atoms with van der Waals surface area (Å²) in [5, 5.41) is -1.09. The quantitative estimate of drug-likeness (QED) is 0.457. The molecule has 0 aromatic heterocycles. The average molecular weight is 114 g/mol. The Morgan fingerprint density at radius 1 is 1.67 bits per heavy atom. The lowest BCUT2D eigenvalue weighted by Crippen LogP contribution is -1.93. The molecule has 0 aromatic carbocycles. The minimum atomic E-state index is -1.73. The molecule has 0 amide bonds. The lowest BCUT2D eigenvalue weighted by molar-refractivity contribution is 0.281. The second-order valence-electron chi connectivity index (χ2n) is 0.906. The molecule has 37 valence electrons. The van der Waals surface area contributed by atoms with E-state index in [0.29, 0.717) is 0 Å². The molecule has 0 N–H and O–H groups in total. The molecule has 1 radical (unpaired) electrons. The van der Waals surface area contributed by atoms with Gasteiger partial charge in [-0.25, -0.2) is 0 Å². The van der Waals surface area contributed by atoms with Gasteiger partial charge >= 0.3 is 6.43 Å². The maximum atomic E-state index is 10.9. The zero-order valence-corrected chi connectivity index (χ0v) is 3.97. The first-order chi connectivity index (χ1) is 2.64. The van der Waals surface area contributed by atoms with E-state index in [1.807, 2.05) is 0 Å². The van der Waals surface area contributed by atoms with Crippen LogP contribution >= 0.6 is 11.6 Å². The summed E-state index contributed by atoms with van der Waals surface area (Å²) in [6.45, 7) is 1.22. The van der Waals surface area contributed by atoms with Crippen LogP contribution in [0.2, 0.25) is 0 Å². The van der Waals surface area contributed by atoms with Crippen molar-refractivity contribution in [1.82, 2.24) is 0 Å². The second-order valence-corrected chi connectivity index (χ2v) is 1.56. The van der Waals surface area contributed by atoms with E-state index in [9.17, 15) is 8.78 Å². The van der Waals surface area contributed by atoms with E-state index >= 15 is 0 Å². The predicted molar refractivity (Wildman–Crippen MR) is 20.8 cm³/mol. The fourth-order valence-corrected chi connectivity index (χ4v) is 0. The van der Waals surface area contributed by atoms with Gasteiger partial charge in [0, 0.05) is 0 Å². The van der Waals surface area contributed by atoms with Gasteiger partial charge < -0.3 is 0 Å². The van der Waals surface area contributed by atoms with Crippen molar-refractivity contribution in [3.63, 3.8) is 0 Å². The molecule has 6 heavy (non-hydrogen) atoms. The Morgan fingerprint density at radius 2 is 1.83 bits per heavy atom. The molecule has 0 aliphatic heterocycles. The van der Waals surface area contributed by atoms with E-state index in [1.165, 1.54) is 6.92 Å². The highest BCUT2D eigenvalue weighted by atomic mass is 35.5. The molecule has 1 unspecified atom stereocenters. The van der Waals surface area contributed by atoms with Crippen LogP contribution in [0, 0.1) is 6.43 Å². The smallest absolute Gasteiger partial charge is 0.198 e. The Morgan fingerprint density at radius 3 is 1.83 bits per heavy atom. The van der Waals surface area contributed by atoms with Crippen molar-refractivity contribution < 1.29 is 8.78 Å². The van der Waals surface area contributed by atoms with Crippen LogP contribution < -0.4 is 0 Å². The molecule has 0 fully saturated rings. The first-order valence-electron chi connectivity index (χ1n) is 1.46. The second kappa shape index (κ2) is 2.35. The van der Waals surface area contributed by atoms with Crippen LogP contribution in [0.15, 0.2) is 0 Å². The molecule has 0 spiro atoms.